The first-order chi connectivity index (χ1) is 9.90. The molecule has 0 amide bonds. The Labute approximate surface area is 133 Å². The number of aryl methyl sites for hydroxylation is 1. The van der Waals surface area contributed by atoms with Crippen LogP contribution in [0, 0.1) is 6.92 Å². The first-order valence-electron chi connectivity index (χ1n) is 6.36. The summed E-state index contributed by atoms with van der Waals surface area (Å²) in [5, 5.41) is 14.0. The van der Waals surface area contributed by atoms with E-state index in [0.29, 0.717) is 11.4 Å². The van der Waals surface area contributed by atoms with E-state index in [4.69, 9.17) is 11.6 Å². The fourth-order valence-electron chi connectivity index (χ4n) is 1.79. The van der Waals surface area contributed by atoms with E-state index in [1.54, 1.807) is 6.07 Å². The zero-order chi connectivity index (χ0) is 15.5. The second kappa shape index (κ2) is 6.89. The molecule has 7 heteroatoms. The number of benzene rings is 1. The summed E-state index contributed by atoms with van der Waals surface area (Å²) in [5.41, 5.74) is 1.63. The van der Waals surface area contributed by atoms with Crippen molar-refractivity contribution in [1.82, 2.24) is 4.72 Å². The van der Waals surface area contributed by atoms with Crippen LogP contribution in [0.2, 0.25) is 5.02 Å². The molecule has 1 heterocycles. The van der Waals surface area contributed by atoms with Gasteiger partial charge in [-0.05, 0) is 53.4 Å². The highest BCUT2D eigenvalue weighted by molar-refractivity contribution is 7.89. The van der Waals surface area contributed by atoms with Crippen molar-refractivity contribution in [1.29, 1.82) is 0 Å². The third-order valence-corrected chi connectivity index (χ3v) is 5.66. The van der Waals surface area contributed by atoms with Gasteiger partial charge < -0.3 is 5.11 Å². The highest BCUT2D eigenvalue weighted by atomic mass is 35.5. The molecule has 0 aliphatic heterocycles. The fourth-order valence-corrected chi connectivity index (χ4v) is 3.81. The fraction of sp³-hybridized carbons (Fsp3) is 0.286. The Morgan fingerprint density at radius 2 is 2.14 bits per heavy atom. The summed E-state index contributed by atoms with van der Waals surface area (Å²) < 4.78 is 26.7. The maximum atomic E-state index is 12.1. The largest absolute Gasteiger partial charge is 0.388 e. The summed E-state index contributed by atoms with van der Waals surface area (Å²) in [7, 11) is -3.61. The molecule has 2 N–H and O–H groups in total. The number of aliphatic hydroxyl groups excluding tert-OH is 1. The van der Waals surface area contributed by atoms with Gasteiger partial charge in [-0.15, -0.1) is 0 Å². The highest BCUT2D eigenvalue weighted by Gasteiger charge is 2.16. The normalized spacial score (nSPS) is 13.3. The number of nitrogens with one attached hydrogen (secondary N) is 1. The Hall–Kier alpha value is -0.920. The van der Waals surface area contributed by atoms with E-state index < -0.39 is 16.1 Å². The van der Waals surface area contributed by atoms with Crippen LogP contribution >= 0.6 is 22.9 Å². The minimum atomic E-state index is -3.61. The summed E-state index contributed by atoms with van der Waals surface area (Å²) in [6.45, 7) is 1.97. The third-order valence-electron chi connectivity index (χ3n) is 3.09. The molecule has 0 saturated heterocycles. The number of halogens is 1. The van der Waals surface area contributed by atoms with E-state index in [9.17, 15) is 13.5 Å². The topological polar surface area (TPSA) is 66.4 Å². The maximum absolute atomic E-state index is 12.1. The zero-order valence-corrected chi connectivity index (χ0v) is 13.8. The minimum Gasteiger partial charge on any atom is -0.388 e. The average molecular weight is 346 g/mol. The first-order valence-corrected chi connectivity index (χ1v) is 9.16. The Morgan fingerprint density at radius 1 is 1.38 bits per heavy atom. The Balaban J connectivity index is 1.96. The molecule has 1 unspecified atom stereocenters. The molecule has 2 rings (SSSR count). The van der Waals surface area contributed by atoms with Crippen LogP contribution in [0.3, 0.4) is 0 Å². The molecule has 0 aliphatic rings. The average Bonchev–Trinajstić information content (AvgIpc) is 2.95. The van der Waals surface area contributed by atoms with E-state index in [1.165, 1.54) is 23.5 Å². The van der Waals surface area contributed by atoms with Gasteiger partial charge in [-0.1, -0.05) is 17.7 Å². The van der Waals surface area contributed by atoms with Gasteiger partial charge in [0.25, 0.3) is 0 Å². The van der Waals surface area contributed by atoms with Crippen molar-refractivity contribution in [2.75, 3.05) is 6.54 Å². The van der Waals surface area contributed by atoms with Gasteiger partial charge in [0, 0.05) is 11.6 Å². The van der Waals surface area contributed by atoms with Gasteiger partial charge in [-0.2, -0.15) is 11.3 Å². The van der Waals surface area contributed by atoms with Gasteiger partial charge >= 0.3 is 0 Å². The monoisotopic (exact) mass is 345 g/mol. The molecule has 0 fully saturated rings. The number of rotatable bonds is 6. The third kappa shape index (κ3) is 4.28. The van der Waals surface area contributed by atoms with Gasteiger partial charge in [0.1, 0.15) is 0 Å². The molecule has 0 aliphatic carbocycles. The van der Waals surface area contributed by atoms with E-state index >= 15 is 0 Å². The van der Waals surface area contributed by atoms with Crippen molar-refractivity contribution in [3.05, 3.63) is 51.2 Å². The van der Waals surface area contributed by atoms with Crippen LogP contribution in [0.1, 0.15) is 23.7 Å². The van der Waals surface area contributed by atoms with Gasteiger partial charge in [-0.25, -0.2) is 13.1 Å². The van der Waals surface area contributed by atoms with Crippen molar-refractivity contribution < 1.29 is 13.5 Å². The number of sulfonamides is 1. The van der Waals surface area contributed by atoms with E-state index in [0.717, 1.165) is 11.1 Å². The standard InChI is InChI=1S/C14H16ClNO3S2/c1-10-2-3-12(8-13(10)15)21(18,19)16-6-4-14(17)11-5-7-20-9-11/h2-3,5,7-9,14,16-17H,4,6H2,1H3. The summed E-state index contributed by atoms with van der Waals surface area (Å²) in [6, 6.07) is 6.42. The molecule has 0 radical (unpaired) electrons. The molecular weight excluding hydrogens is 330 g/mol. The molecule has 114 valence electrons. The van der Waals surface area contributed by atoms with Crippen LogP contribution in [-0.4, -0.2) is 20.1 Å². The molecule has 1 aromatic carbocycles. The van der Waals surface area contributed by atoms with Crippen LogP contribution in [0.25, 0.3) is 0 Å². The number of hydrogen-bond acceptors (Lipinski definition) is 4. The summed E-state index contributed by atoms with van der Waals surface area (Å²) in [6.07, 6.45) is -0.351. The lowest BCUT2D eigenvalue weighted by molar-refractivity contribution is 0.169. The number of aliphatic hydroxyl groups is 1. The van der Waals surface area contributed by atoms with Crippen molar-refractivity contribution in [3.8, 4) is 0 Å². The molecule has 1 atom stereocenters. The van der Waals surface area contributed by atoms with Gasteiger partial charge in [0.15, 0.2) is 0 Å². The summed E-state index contributed by atoms with van der Waals surface area (Å²) in [5.74, 6) is 0. The Bertz CT molecular complexity index is 699. The van der Waals surface area contributed by atoms with E-state index in [2.05, 4.69) is 4.72 Å². The second-order valence-electron chi connectivity index (χ2n) is 4.67. The smallest absolute Gasteiger partial charge is 0.240 e. The zero-order valence-electron chi connectivity index (χ0n) is 11.4. The lowest BCUT2D eigenvalue weighted by Crippen LogP contribution is -2.26. The number of thiophene rings is 1. The van der Waals surface area contributed by atoms with Crippen molar-refractivity contribution in [2.45, 2.75) is 24.3 Å². The molecule has 0 saturated carbocycles. The maximum Gasteiger partial charge on any atom is 0.240 e. The molecule has 0 spiro atoms. The molecule has 4 nitrogen and oxygen atoms in total. The number of hydrogen-bond donors (Lipinski definition) is 2. The first kappa shape index (κ1) is 16.5. The van der Waals surface area contributed by atoms with Crippen LogP contribution in [0.4, 0.5) is 0 Å². The molecule has 1 aromatic heterocycles. The second-order valence-corrected chi connectivity index (χ2v) is 7.62. The van der Waals surface area contributed by atoms with Crippen LogP contribution in [0.5, 0.6) is 0 Å². The van der Waals surface area contributed by atoms with Gasteiger partial charge in [0.05, 0.1) is 11.0 Å². The SMILES string of the molecule is Cc1ccc(S(=O)(=O)NCCC(O)c2ccsc2)cc1Cl. The van der Waals surface area contributed by atoms with Crippen molar-refractivity contribution in [3.63, 3.8) is 0 Å². The minimum absolute atomic E-state index is 0.128. The Kier molecular flexibility index (Phi) is 5.40. The van der Waals surface area contributed by atoms with E-state index in [-0.39, 0.29) is 11.4 Å². The lowest BCUT2D eigenvalue weighted by atomic mass is 10.1. The highest BCUT2D eigenvalue weighted by Crippen LogP contribution is 2.21. The van der Waals surface area contributed by atoms with Crippen molar-refractivity contribution in [2.24, 2.45) is 0 Å². The van der Waals surface area contributed by atoms with Gasteiger partial charge in [-0.3, -0.25) is 0 Å². The lowest BCUT2D eigenvalue weighted by Gasteiger charge is -2.11. The van der Waals surface area contributed by atoms with Crippen LogP contribution in [-0.2, 0) is 10.0 Å². The van der Waals surface area contributed by atoms with Crippen molar-refractivity contribution >= 4 is 33.0 Å². The molecule has 2 aromatic rings. The summed E-state index contributed by atoms with van der Waals surface area (Å²) in [4.78, 5) is 0.128. The van der Waals surface area contributed by atoms with Crippen LogP contribution < -0.4 is 4.72 Å². The van der Waals surface area contributed by atoms with E-state index in [1.807, 2.05) is 23.8 Å². The quantitative estimate of drug-likeness (QED) is 0.845. The van der Waals surface area contributed by atoms with Gasteiger partial charge in [0.2, 0.25) is 10.0 Å². The predicted molar refractivity (Wildman–Crippen MR) is 85.3 cm³/mol. The summed E-state index contributed by atoms with van der Waals surface area (Å²) >= 11 is 7.43. The van der Waals surface area contributed by atoms with Crippen LogP contribution in [0.15, 0.2) is 39.9 Å². The molecule has 21 heavy (non-hydrogen) atoms. The molecular formula is C14H16ClNO3S2. The predicted octanol–water partition coefficient (Wildman–Crippen LogP) is 3.11. The Morgan fingerprint density at radius 3 is 2.76 bits per heavy atom. The molecule has 0 bridgehead atoms.